The van der Waals surface area contributed by atoms with E-state index in [1.807, 2.05) is 56.3 Å². The lowest BCUT2D eigenvalue weighted by Crippen LogP contribution is -2.36. The highest BCUT2D eigenvalue weighted by atomic mass is 16.6. The van der Waals surface area contributed by atoms with Crippen LogP contribution in [-0.4, -0.2) is 23.1 Å². The molecule has 0 unspecified atom stereocenters. The second-order valence-corrected chi connectivity index (χ2v) is 8.61. The number of hydrogen-bond donors (Lipinski definition) is 0. The highest BCUT2D eigenvalue weighted by Gasteiger charge is 2.48. The van der Waals surface area contributed by atoms with Crippen LogP contribution in [0.2, 0.25) is 0 Å². The van der Waals surface area contributed by atoms with Crippen LogP contribution >= 0.6 is 0 Å². The average Bonchev–Trinajstić information content (AvgIpc) is 3.19. The number of carbonyl (C=O) groups excluding carboxylic acids is 1. The van der Waals surface area contributed by atoms with Gasteiger partial charge in [0.2, 0.25) is 0 Å². The van der Waals surface area contributed by atoms with Crippen LogP contribution in [0.1, 0.15) is 55.6 Å². The van der Waals surface area contributed by atoms with Crippen LogP contribution in [0.15, 0.2) is 42.5 Å². The molecule has 0 radical (unpaired) electrons. The monoisotopic (exact) mass is 366 g/mol. The van der Waals surface area contributed by atoms with Gasteiger partial charge in [0.1, 0.15) is 23.7 Å². The zero-order valence-corrected chi connectivity index (χ0v) is 16.4. The van der Waals surface area contributed by atoms with Gasteiger partial charge < -0.3 is 14.2 Å². The van der Waals surface area contributed by atoms with Crippen molar-refractivity contribution in [2.75, 3.05) is 0 Å². The van der Waals surface area contributed by atoms with E-state index in [4.69, 9.17) is 14.2 Å². The lowest BCUT2D eigenvalue weighted by molar-refractivity contribution is 0.0618. The predicted molar refractivity (Wildman–Crippen MR) is 104 cm³/mol. The quantitative estimate of drug-likeness (QED) is 0.718. The van der Waals surface area contributed by atoms with Gasteiger partial charge in [-0.15, -0.1) is 0 Å². The number of epoxide rings is 1. The van der Waals surface area contributed by atoms with Gasteiger partial charge in [0.25, 0.3) is 0 Å². The van der Waals surface area contributed by atoms with Gasteiger partial charge in [-0.25, -0.2) is 0 Å². The molecule has 0 amide bonds. The first-order chi connectivity index (χ1) is 12.7. The van der Waals surface area contributed by atoms with E-state index in [1.165, 1.54) is 0 Å². The van der Waals surface area contributed by atoms with Crippen LogP contribution in [0.25, 0.3) is 0 Å². The van der Waals surface area contributed by atoms with Crippen LogP contribution in [0.4, 0.5) is 0 Å². The molecule has 1 atom stereocenters. The van der Waals surface area contributed by atoms with Gasteiger partial charge in [0, 0.05) is 12.0 Å². The van der Waals surface area contributed by atoms with Crippen LogP contribution in [-0.2, 0) is 17.8 Å². The molecule has 0 saturated carbocycles. The standard InChI is InChI=1S/C23H26O4/c1-22(2)13-18(24)17-12-19(25-14-15-8-6-5-7-9-15)16(10-20(17)26-22)11-21-23(3,4)27-21/h5-10,12,21H,11,13-14H2,1-4H3/t21-/m0/s1. The van der Waals surface area contributed by atoms with E-state index in [2.05, 4.69) is 13.8 Å². The molecule has 2 heterocycles. The molecule has 4 rings (SSSR count). The topological polar surface area (TPSA) is 48.1 Å². The normalized spacial score (nSPS) is 21.9. The summed E-state index contributed by atoms with van der Waals surface area (Å²) in [6.07, 6.45) is 1.26. The van der Waals surface area contributed by atoms with E-state index in [0.29, 0.717) is 24.3 Å². The number of carbonyl (C=O) groups is 1. The van der Waals surface area contributed by atoms with E-state index in [9.17, 15) is 4.79 Å². The summed E-state index contributed by atoms with van der Waals surface area (Å²) in [5.41, 5.74) is 2.13. The van der Waals surface area contributed by atoms with Crippen molar-refractivity contribution in [2.45, 2.75) is 64.4 Å². The predicted octanol–water partition coefficient (Wildman–Crippen LogP) is 4.73. The van der Waals surface area contributed by atoms with Crippen molar-refractivity contribution in [3.8, 4) is 11.5 Å². The number of ether oxygens (including phenoxy) is 3. The van der Waals surface area contributed by atoms with Gasteiger partial charge in [0.15, 0.2) is 5.78 Å². The maximum absolute atomic E-state index is 12.6. The van der Waals surface area contributed by atoms with Crippen molar-refractivity contribution in [1.29, 1.82) is 0 Å². The summed E-state index contributed by atoms with van der Waals surface area (Å²) in [5.74, 6) is 1.48. The fourth-order valence-corrected chi connectivity index (χ4v) is 3.57. The minimum atomic E-state index is -0.483. The Morgan fingerprint density at radius 1 is 1.11 bits per heavy atom. The second-order valence-electron chi connectivity index (χ2n) is 8.61. The first kappa shape index (κ1) is 18.1. The van der Waals surface area contributed by atoms with Gasteiger partial charge >= 0.3 is 0 Å². The highest BCUT2D eigenvalue weighted by molar-refractivity contribution is 6.00. The third-order valence-electron chi connectivity index (χ3n) is 5.24. The molecular formula is C23H26O4. The summed E-state index contributed by atoms with van der Waals surface area (Å²) < 4.78 is 18.0. The third kappa shape index (κ3) is 3.86. The molecule has 2 aromatic rings. The first-order valence-corrected chi connectivity index (χ1v) is 9.47. The molecule has 142 valence electrons. The van der Waals surface area contributed by atoms with Gasteiger partial charge in [0.05, 0.1) is 23.7 Å². The third-order valence-corrected chi connectivity index (χ3v) is 5.24. The summed E-state index contributed by atoms with van der Waals surface area (Å²) in [4.78, 5) is 12.6. The molecule has 0 spiro atoms. The maximum atomic E-state index is 12.6. The Morgan fingerprint density at radius 2 is 1.81 bits per heavy atom. The minimum Gasteiger partial charge on any atom is -0.489 e. The number of Topliss-reactive ketones (excluding diaryl/α,β-unsaturated/α-hetero) is 1. The smallest absolute Gasteiger partial charge is 0.170 e. The largest absolute Gasteiger partial charge is 0.489 e. The van der Waals surface area contributed by atoms with E-state index in [1.54, 1.807) is 0 Å². The van der Waals surface area contributed by atoms with Crippen LogP contribution in [0, 0.1) is 0 Å². The molecule has 27 heavy (non-hydrogen) atoms. The van der Waals surface area contributed by atoms with Crippen molar-refractivity contribution in [2.24, 2.45) is 0 Å². The molecule has 2 aliphatic rings. The number of hydrogen-bond acceptors (Lipinski definition) is 4. The maximum Gasteiger partial charge on any atom is 0.170 e. The summed E-state index contributed by atoms with van der Waals surface area (Å²) in [6, 6.07) is 13.8. The van der Waals surface area contributed by atoms with Gasteiger partial charge in [-0.05, 0) is 45.4 Å². The summed E-state index contributed by atoms with van der Waals surface area (Å²) in [7, 11) is 0. The van der Waals surface area contributed by atoms with E-state index < -0.39 is 5.60 Å². The Morgan fingerprint density at radius 3 is 2.48 bits per heavy atom. The van der Waals surface area contributed by atoms with Crippen LogP contribution in [0.5, 0.6) is 11.5 Å². The molecule has 4 nitrogen and oxygen atoms in total. The number of rotatable bonds is 5. The molecule has 0 aliphatic carbocycles. The fraction of sp³-hybridized carbons (Fsp3) is 0.435. The van der Waals surface area contributed by atoms with E-state index in [-0.39, 0.29) is 17.5 Å². The first-order valence-electron chi connectivity index (χ1n) is 9.47. The Kier molecular flexibility index (Phi) is 4.26. The number of benzene rings is 2. The molecule has 1 saturated heterocycles. The number of ketones is 1. The van der Waals surface area contributed by atoms with Crippen molar-refractivity contribution in [1.82, 2.24) is 0 Å². The van der Waals surface area contributed by atoms with Gasteiger partial charge in [-0.1, -0.05) is 30.3 Å². The summed E-state index contributed by atoms with van der Waals surface area (Å²) in [6.45, 7) is 8.52. The Hall–Kier alpha value is -2.33. The summed E-state index contributed by atoms with van der Waals surface area (Å²) >= 11 is 0. The van der Waals surface area contributed by atoms with Crippen molar-refractivity contribution in [3.05, 3.63) is 59.2 Å². The van der Waals surface area contributed by atoms with Crippen molar-refractivity contribution < 1.29 is 19.0 Å². The molecular weight excluding hydrogens is 340 g/mol. The lowest BCUT2D eigenvalue weighted by Gasteiger charge is -2.32. The minimum absolute atomic E-state index is 0.0976. The Balaban J connectivity index is 1.65. The van der Waals surface area contributed by atoms with E-state index in [0.717, 1.165) is 23.3 Å². The molecule has 0 aromatic heterocycles. The molecule has 2 aromatic carbocycles. The zero-order chi connectivity index (χ0) is 19.2. The van der Waals surface area contributed by atoms with Crippen LogP contribution < -0.4 is 9.47 Å². The van der Waals surface area contributed by atoms with Crippen molar-refractivity contribution >= 4 is 5.78 Å². The van der Waals surface area contributed by atoms with Gasteiger partial charge in [-0.3, -0.25) is 4.79 Å². The van der Waals surface area contributed by atoms with E-state index >= 15 is 0 Å². The van der Waals surface area contributed by atoms with Crippen LogP contribution in [0.3, 0.4) is 0 Å². The van der Waals surface area contributed by atoms with Crippen molar-refractivity contribution in [3.63, 3.8) is 0 Å². The van der Waals surface area contributed by atoms with Gasteiger partial charge in [-0.2, -0.15) is 0 Å². The number of fused-ring (bicyclic) bond motifs is 1. The molecule has 1 fully saturated rings. The molecule has 2 aliphatic heterocycles. The average molecular weight is 366 g/mol. The molecule has 0 N–H and O–H groups in total. The molecule has 0 bridgehead atoms. The second kappa shape index (κ2) is 6.38. The molecule has 4 heteroatoms. The Labute approximate surface area is 160 Å². The fourth-order valence-electron chi connectivity index (χ4n) is 3.57. The lowest BCUT2D eigenvalue weighted by atomic mass is 9.91. The summed E-state index contributed by atoms with van der Waals surface area (Å²) in [5, 5.41) is 0. The SMILES string of the molecule is CC1(C)CC(=O)c2cc(OCc3ccccc3)c(C[C@@H]3OC3(C)C)cc2O1. The highest BCUT2D eigenvalue weighted by Crippen LogP contribution is 2.42. The Bertz CT molecular complexity index is 867. The zero-order valence-electron chi connectivity index (χ0n) is 16.4.